The molecule has 0 saturated carbocycles. The van der Waals surface area contributed by atoms with Crippen LogP contribution in [0.1, 0.15) is 18.4 Å². The lowest BCUT2D eigenvalue weighted by Gasteiger charge is -2.31. The van der Waals surface area contributed by atoms with Crippen LogP contribution in [-0.2, 0) is 11.3 Å². The van der Waals surface area contributed by atoms with Crippen LogP contribution in [-0.4, -0.2) is 55.2 Å². The third-order valence-corrected chi connectivity index (χ3v) is 5.84. The van der Waals surface area contributed by atoms with Crippen molar-refractivity contribution >= 4 is 0 Å². The van der Waals surface area contributed by atoms with E-state index in [9.17, 15) is 8.78 Å². The van der Waals surface area contributed by atoms with E-state index in [0.29, 0.717) is 30.0 Å². The van der Waals surface area contributed by atoms with Gasteiger partial charge in [0, 0.05) is 49.6 Å². The predicted octanol–water partition coefficient (Wildman–Crippen LogP) is 2.51. The minimum atomic E-state index is -0.517. The molecule has 4 rings (SSSR count). The van der Waals surface area contributed by atoms with Crippen molar-refractivity contribution in [3.8, 4) is 0 Å². The van der Waals surface area contributed by atoms with Crippen LogP contribution in [0.15, 0.2) is 18.2 Å². The Kier molecular flexibility index (Phi) is 3.70. The molecule has 4 atom stereocenters. The molecular weight excluding hydrogens is 298 g/mol. The number of likely N-dealkylation sites (tertiary alicyclic amines) is 1. The number of nitrogens with zero attached hydrogens (tertiary/aromatic N) is 2. The fourth-order valence-corrected chi connectivity index (χ4v) is 4.96. The molecule has 2 bridgehead atoms. The van der Waals surface area contributed by atoms with Gasteiger partial charge in [0.05, 0.1) is 11.7 Å². The van der Waals surface area contributed by atoms with E-state index in [4.69, 9.17) is 4.74 Å². The van der Waals surface area contributed by atoms with Crippen LogP contribution in [0.3, 0.4) is 0 Å². The summed E-state index contributed by atoms with van der Waals surface area (Å²) in [5, 5.41) is 0. The average molecular weight is 322 g/mol. The number of fused-ring (bicyclic) bond motifs is 1. The molecular formula is C18H24F2N2O. The predicted molar refractivity (Wildman–Crippen MR) is 84.0 cm³/mol. The highest BCUT2D eigenvalue weighted by atomic mass is 19.1. The minimum Gasteiger partial charge on any atom is -0.370 e. The first-order valence-corrected chi connectivity index (χ1v) is 8.46. The van der Waals surface area contributed by atoms with Crippen LogP contribution in [0.2, 0.25) is 0 Å². The fraction of sp³-hybridized carbons (Fsp3) is 0.667. The summed E-state index contributed by atoms with van der Waals surface area (Å²) in [5.74, 6) is 0.139. The number of ether oxygens (including phenoxy) is 1. The monoisotopic (exact) mass is 322 g/mol. The number of hydrogen-bond donors (Lipinski definition) is 0. The van der Waals surface area contributed by atoms with Gasteiger partial charge in [-0.2, -0.15) is 0 Å². The van der Waals surface area contributed by atoms with E-state index >= 15 is 0 Å². The van der Waals surface area contributed by atoms with Crippen LogP contribution in [0.25, 0.3) is 0 Å². The lowest BCUT2D eigenvalue weighted by atomic mass is 9.73. The van der Waals surface area contributed by atoms with Crippen molar-refractivity contribution in [2.75, 3.05) is 33.7 Å². The van der Waals surface area contributed by atoms with E-state index in [-0.39, 0.29) is 5.60 Å². The van der Waals surface area contributed by atoms with E-state index in [1.54, 1.807) is 6.07 Å². The maximum atomic E-state index is 13.9. The Morgan fingerprint density at radius 3 is 2.91 bits per heavy atom. The zero-order valence-electron chi connectivity index (χ0n) is 13.8. The van der Waals surface area contributed by atoms with E-state index in [1.807, 2.05) is 0 Å². The molecule has 0 radical (unpaired) electrons. The lowest BCUT2D eigenvalue weighted by Crippen LogP contribution is -2.40. The van der Waals surface area contributed by atoms with Crippen LogP contribution >= 0.6 is 0 Å². The molecule has 1 spiro atoms. The average Bonchev–Trinajstić information content (AvgIpc) is 3.11. The Morgan fingerprint density at radius 1 is 1.35 bits per heavy atom. The van der Waals surface area contributed by atoms with E-state index in [1.165, 1.54) is 6.07 Å². The van der Waals surface area contributed by atoms with Gasteiger partial charge >= 0.3 is 0 Å². The molecule has 0 aromatic heterocycles. The molecule has 3 aliphatic heterocycles. The van der Waals surface area contributed by atoms with Crippen LogP contribution in [0.5, 0.6) is 0 Å². The number of rotatable bonds is 4. The second-order valence-corrected chi connectivity index (χ2v) is 7.70. The first-order chi connectivity index (χ1) is 11.0. The molecule has 0 N–H and O–H groups in total. The van der Waals surface area contributed by atoms with Gasteiger partial charge in [-0.05, 0) is 33.0 Å². The minimum absolute atomic E-state index is 0.0259. The zero-order valence-corrected chi connectivity index (χ0v) is 13.8. The van der Waals surface area contributed by atoms with Crippen molar-refractivity contribution in [2.45, 2.75) is 31.1 Å². The van der Waals surface area contributed by atoms with Gasteiger partial charge in [-0.25, -0.2) is 8.78 Å². The third-order valence-electron chi connectivity index (χ3n) is 5.84. The zero-order chi connectivity index (χ0) is 16.2. The normalized spacial score (nSPS) is 36.1. The summed E-state index contributed by atoms with van der Waals surface area (Å²) in [7, 11) is 4.22. The molecule has 0 aliphatic carbocycles. The molecule has 3 fully saturated rings. The smallest absolute Gasteiger partial charge is 0.130 e. The van der Waals surface area contributed by atoms with Crippen molar-refractivity contribution in [1.29, 1.82) is 0 Å². The first kappa shape index (κ1) is 15.5. The first-order valence-electron chi connectivity index (χ1n) is 8.46. The standard InChI is InChI=1S/C18H24F2N2O/c1-21(2)9-14-15-10-22(11-18(15)6-5-17(14)23-18)8-12-3-4-13(19)7-16(12)20/h3-4,7,14-15,17H,5-6,8-11H2,1-2H3/t14-,15+,17+,18+/m0/s1. The van der Waals surface area contributed by atoms with Crippen molar-refractivity contribution in [3.05, 3.63) is 35.4 Å². The van der Waals surface area contributed by atoms with Gasteiger partial charge in [0.25, 0.3) is 0 Å². The third kappa shape index (κ3) is 2.59. The number of hydrogen-bond acceptors (Lipinski definition) is 3. The molecule has 126 valence electrons. The second-order valence-electron chi connectivity index (χ2n) is 7.70. The molecule has 0 amide bonds. The van der Waals surface area contributed by atoms with Gasteiger partial charge in [0.1, 0.15) is 11.6 Å². The van der Waals surface area contributed by atoms with Gasteiger partial charge < -0.3 is 9.64 Å². The van der Waals surface area contributed by atoms with Gasteiger partial charge in [0.2, 0.25) is 0 Å². The molecule has 1 aromatic rings. The van der Waals surface area contributed by atoms with Gasteiger partial charge in [-0.3, -0.25) is 4.90 Å². The highest BCUT2D eigenvalue weighted by molar-refractivity contribution is 5.20. The van der Waals surface area contributed by atoms with Crippen molar-refractivity contribution in [1.82, 2.24) is 9.80 Å². The summed E-state index contributed by atoms with van der Waals surface area (Å²) in [6, 6.07) is 3.87. The maximum absolute atomic E-state index is 13.9. The molecule has 3 aliphatic rings. The SMILES string of the molecule is CN(C)C[C@H]1[C@H]2CN(Cc3ccc(F)cc3F)C[C@]23CC[C@H]1O3. The van der Waals surface area contributed by atoms with Crippen LogP contribution in [0.4, 0.5) is 8.78 Å². The second kappa shape index (κ2) is 5.50. The highest BCUT2D eigenvalue weighted by Gasteiger charge is 2.62. The van der Waals surface area contributed by atoms with Crippen LogP contribution < -0.4 is 0 Å². The van der Waals surface area contributed by atoms with Gasteiger partial charge in [-0.15, -0.1) is 0 Å². The van der Waals surface area contributed by atoms with Gasteiger partial charge in [0.15, 0.2) is 0 Å². The van der Waals surface area contributed by atoms with Crippen molar-refractivity contribution in [2.24, 2.45) is 11.8 Å². The highest BCUT2D eigenvalue weighted by Crippen LogP contribution is 2.55. The Labute approximate surface area is 136 Å². The Bertz CT molecular complexity index is 609. The Hall–Kier alpha value is -1.04. The summed E-state index contributed by atoms with van der Waals surface area (Å²) in [6.07, 6.45) is 2.66. The summed E-state index contributed by atoms with van der Waals surface area (Å²) >= 11 is 0. The van der Waals surface area contributed by atoms with Gasteiger partial charge in [-0.1, -0.05) is 6.07 Å². The number of halogens is 2. The summed E-state index contributed by atoms with van der Waals surface area (Å²) < 4.78 is 33.4. The van der Waals surface area contributed by atoms with E-state index in [2.05, 4.69) is 23.9 Å². The molecule has 5 heteroatoms. The molecule has 3 saturated heterocycles. The summed E-state index contributed by atoms with van der Waals surface area (Å²) in [6.45, 7) is 3.41. The topological polar surface area (TPSA) is 15.7 Å². The van der Waals surface area contributed by atoms with Crippen LogP contribution in [0, 0.1) is 23.5 Å². The summed E-state index contributed by atoms with van der Waals surface area (Å²) in [4.78, 5) is 4.52. The lowest BCUT2D eigenvalue weighted by molar-refractivity contribution is 0.00137. The molecule has 0 unspecified atom stereocenters. The van der Waals surface area contributed by atoms with Crippen molar-refractivity contribution < 1.29 is 13.5 Å². The fourth-order valence-electron chi connectivity index (χ4n) is 4.96. The molecule has 3 heterocycles. The molecule has 23 heavy (non-hydrogen) atoms. The largest absolute Gasteiger partial charge is 0.370 e. The van der Waals surface area contributed by atoms with E-state index in [0.717, 1.165) is 38.5 Å². The maximum Gasteiger partial charge on any atom is 0.130 e. The molecule has 1 aromatic carbocycles. The Balaban J connectivity index is 1.50. The number of benzene rings is 1. The molecule has 3 nitrogen and oxygen atoms in total. The quantitative estimate of drug-likeness (QED) is 0.847. The van der Waals surface area contributed by atoms with E-state index < -0.39 is 11.6 Å². The summed E-state index contributed by atoms with van der Waals surface area (Å²) in [5.41, 5.74) is 0.545. The Morgan fingerprint density at radius 2 is 2.17 bits per heavy atom. The van der Waals surface area contributed by atoms with Crippen molar-refractivity contribution in [3.63, 3.8) is 0 Å².